The molecule has 0 radical (unpaired) electrons. The third kappa shape index (κ3) is 3.84. The number of carbonyl (C=O) groups is 1. The summed E-state index contributed by atoms with van der Waals surface area (Å²) in [5.41, 5.74) is 0.772. The third-order valence-corrected chi connectivity index (χ3v) is 4.52. The predicted octanol–water partition coefficient (Wildman–Crippen LogP) is 3.27. The van der Waals surface area contributed by atoms with Crippen LogP contribution in [0.4, 0.5) is 16.6 Å². The number of aromatic nitrogens is 3. The number of pyridine rings is 1. The molecule has 0 fully saturated rings. The average Bonchev–Trinajstić information content (AvgIpc) is 2.66. The molecule has 146 valence electrons. The number of halogens is 1. The van der Waals surface area contributed by atoms with Gasteiger partial charge in [0.1, 0.15) is 11.6 Å². The fraction of sp³-hybridized carbons (Fsp3) is 0.222. The Morgan fingerprint density at radius 3 is 2.82 bits per heavy atom. The zero-order chi connectivity index (χ0) is 20.4. The second kappa shape index (κ2) is 7.73. The first-order valence-corrected chi connectivity index (χ1v) is 8.64. The number of rotatable bonds is 5. The van der Waals surface area contributed by atoms with Gasteiger partial charge in [-0.1, -0.05) is 11.6 Å². The van der Waals surface area contributed by atoms with Gasteiger partial charge in [0.2, 0.25) is 5.95 Å². The highest BCUT2D eigenvalue weighted by molar-refractivity contribution is 6.32. The Kier molecular flexibility index (Phi) is 5.36. The highest BCUT2D eigenvalue weighted by Gasteiger charge is 2.16. The number of amides is 1. The Morgan fingerprint density at radius 2 is 2.14 bits per heavy atom. The van der Waals surface area contributed by atoms with E-state index in [0.29, 0.717) is 21.9 Å². The summed E-state index contributed by atoms with van der Waals surface area (Å²) in [6, 6.07) is 6.13. The van der Waals surface area contributed by atoms with Crippen LogP contribution in [0.15, 0.2) is 35.3 Å². The topological polar surface area (TPSA) is 120 Å². The fourth-order valence-corrected chi connectivity index (χ4v) is 2.93. The molecular weight excluding hydrogens is 386 g/mol. The molecule has 0 saturated heterocycles. The minimum Gasteiger partial charge on any atom is -0.495 e. The first kappa shape index (κ1) is 19.4. The maximum absolute atomic E-state index is 12.5. The fourth-order valence-electron chi connectivity index (χ4n) is 2.68. The zero-order valence-corrected chi connectivity index (χ0v) is 16.1. The van der Waals surface area contributed by atoms with E-state index >= 15 is 0 Å². The van der Waals surface area contributed by atoms with E-state index < -0.39 is 12.1 Å². The highest BCUT2D eigenvalue weighted by atomic mass is 35.5. The van der Waals surface area contributed by atoms with E-state index in [-0.39, 0.29) is 17.3 Å². The van der Waals surface area contributed by atoms with Gasteiger partial charge in [-0.25, -0.2) is 9.78 Å². The van der Waals surface area contributed by atoms with Crippen molar-refractivity contribution in [3.63, 3.8) is 0 Å². The molecule has 0 saturated carbocycles. The second-order valence-corrected chi connectivity index (χ2v) is 6.48. The molecule has 9 nitrogen and oxygen atoms in total. The van der Waals surface area contributed by atoms with Gasteiger partial charge in [0.05, 0.1) is 23.7 Å². The molecule has 3 aromatic rings. The monoisotopic (exact) mass is 403 g/mol. The first-order chi connectivity index (χ1) is 13.3. The van der Waals surface area contributed by atoms with Crippen molar-refractivity contribution in [3.05, 3.63) is 51.4 Å². The van der Waals surface area contributed by atoms with Gasteiger partial charge >= 0.3 is 6.09 Å². The lowest BCUT2D eigenvalue weighted by molar-refractivity contribution is 0.203. The van der Waals surface area contributed by atoms with Crippen LogP contribution in [-0.2, 0) is 0 Å². The van der Waals surface area contributed by atoms with Crippen LogP contribution in [0, 0.1) is 0 Å². The van der Waals surface area contributed by atoms with Crippen molar-refractivity contribution in [2.45, 2.75) is 13.0 Å². The first-order valence-electron chi connectivity index (χ1n) is 8.27. The number of hydrogen-bond donors (Lipinski definition) is 3. The molecule has 0 spiro atoms. The number of anilines is 2. The number of hydrogen-bond acceptors (Lipinski definition) is 6. The number of H-pyrrole nitrogens is 1. The molecule has 1 atom stereocenters. The lowest BCUT2D eigenvalue weighted by Gasteiger charge is -2.16. The maximum Gasteiger partial charge on any atom is 0.412 e. The third-order valence-electron chi connectivity index (χ3n) is 4.23. The molecule has 3 rings (SSSR count). The van der Waals surface area contributed by atoms with Crippen molar-refractivity contribution in [1.82, 2.24) is 15.0 Å². The summed E-state index contributed by atoms with van der Waals surface area (Å²) in [4.78, 5) is 35.6. The minimum atomic E-state index is -1.14. The van der Waals surface area contributed by atoms with Crippen LogP contribution in [-0.4, -0.2) is 40.3 Å². The van der Waals surface area contributed by atoms with Crippen molar-refractivity contribution in [1.29, 1.82) is 0 Å². The van der Waals surface area contributed by atoms with E-state index in [1.54, 1.807) is 25.1 Å². The lowest BCUT2D eigenvalue weighted by Crippen LogP contribution is -2.25. The molecule has 2 aromatic heterocycles. The number of fused-ring (bicyclic) bond motifs is 1. The molecule has 1 amide bonds. The predicted molar refractivity (Wildman–Crippen MR) is 107 cm³/mol. The van der Waals surface area contributed by atoms with Crippen LogP contribution in [0.3, 0.4) is 0 Å². The van der Waals surface area contributed by atoms with Gasteiger partial charge in [-0.15, -0.1) is 0 Å². The summed E-state index contributed by atoms with van der Waals surface area (Å²) in [5, 5.41) is 13.3. The summed E-state index contributed by atoms with van der Waals surface area (Å²) >= 11 is 6.17. The van der Waals surface area contributed by atoms with Crippen LogP contribution in [0.1, 0.15) is 18.5 Å². The molecule has 2 heterocycles. The molecule has 3 N–H and O–H groups in total. The Balaban J connectivity index is 1.92. The molecular formula is C18H18ClN5O4. The molecule has 0 aliphatic carbocycles. The Bertz CT molecular complexity index is 1100. The summed E-state index contributed by atoms with van der Waals surface area (Å²) < 4.78 is 5.17. The van der Waals surface area contributed by atoms with Crippen LogP contribution in [0.2, 0.25) is 5.02 Å². The average molecular weight is 404 g/mol. The van der Waals surface area contributed by atoms with Crippen molar-refractivity contribution in [2.75, 3.05) is 24.4 Å². The van der Waals surface area contributed by atoms with Gasteiger partial charge in [0.15, 0.2) is 0 Å². The van der Waals surface area contributed by atoms with Crippen LogP contribution in [0.5, 0.6) is 5.75 Å². The van der Waals surface area contributed by atoms with Crippen LogP contribution >= 0.6 is 11.6 Å². The lowest BCUT2D eigenvalue weighted by atomic mass is 10.1. The number of nitrogens with zero attached hydrogens (tertiary/aromatic N) is 3. The summed E-state index contributed by atoms with van der Waals surface area (Å²) in [5.74, 6) is 0.880. The van der Waals surface area contributed by atoms with Gasteiger partial charge in [0.25, 0.3) is 5.56 Å². The number of benzene rings is 1. The zero-order valence-electron chi connectivity index (χ0n) is 15.4. The Labute approximate surface area is 164 Å². The summed E-state index contributed by atoms with van der Waals surface area (Å²) in [7, 11) is 2.88. The molecule has 10 heteroatoms. The summed E-state index contributed by atoms with van der Waals surface area (Å²) in [6.45, 7) is 1.78. The quantitative estimate of drug-likeness (QED) is 0.597. The van der Waals surface area contributed by atoms with E-state index in [1.165, 1.54) is 26.4 Å². The van der Waals surface area contributed by atoms with E-state index in [9.17, 15) is 9.59 Å². The largest absolute Gasteiger partial charge is 0.495 e. The number of carboxylic acid groups (broad SMARTS) is 1. The van der Waals surface area contributed by atoms with Gasteiger partial charge in [-0.2, -0.15) is 4.98 Å². The van der Waals surface area contributed by atoms with Crippen molar-refractivity contribution in [2.24, 2.45) is 0 Å². The van der Waals surface area contributed by atoms with E-state index in [0.717, 1.165) is 10.3 Å². The molecule has 0 unspecified atom stereocenters. The van der Waals surface area contributed by atoms with Crippen LogP contribution < -0.4 is 20.5 Å². The van der Waals surface area contributed by atoms with Gasteiger partial charge in [-0.3, -0.25) is 9.69 Å². The number of ether oxygens (including phenoxy) is 1. The molecule has 0 bridgehead atoms. The van der Waals surface area contributed by atoms with Gasteiger partial charge in [-0.05, 0) is 25.1 Å². The highest BCUT2D eigenvalue weighted by Crippen LogP contribution is 2.29. The normalized spacial score (nSPS) is 11.9. The maximum atomic E-state index is 12.5. The Hall–Kier alpha value is -3.33. The van der Waals surface area contributed by atoms with Crippen molar-refractivity contribution < 1.29 is 14.6 Å². The second-order valence-electron chi connectivity index (χ2n) is 6.07. The summed E-state index contributed by atoms with van der Waals surface area (Å²) in [6.07, 6.45) is 0.295. The number of methoxy groups -OCH3 is 1. The molecule has 0 aliphatic rings. The standard InChI is InChI=1S/C18H18ClN5O4/c1-9(21-17-20-5-4-15(23-17)24(2)18(26)27)11-6-10-7-12(19)14(28-3)8-13(10)22-16(11)25/h4-9H,1-3H3,(H,22,25)(H,26,27)(H,20,21,23)/t9-/m0/s1. The number of aromatic amines is 1. The smallest absolute Gasteiger partial charge is 0.412 e. The van der Waals surface area contributed by atoms with Crippen molar-refractivity contribution in [3.8, 4) is 5.75 Å². The molecule has 28 heavy (non-hydrogen) atoms. The van der Waals surface area contributed by atoms with Crippen molar-refractivity contribution >= 4 is 40.4 Å². The van der Waals surface area contributed by atoms with E-state index in [4.69, 9.17) is 21.4 Å². The SMILES string of the molecule is COc1cc2[nH]c(=O)c([C@H](C)Nc3nccc(N(C)C(=O)O)n3)cc2cc1Cl. The van der Waals surface area contributed by atoms with Gasteiger partial charge < -0.3 is 20.1 Å². The number of nitrogens with one attached hydrogen (secondary N) is 2. The minimum absolute atomic E-state index is 0.199. The molecule has 1 aromatic carbocycles. The van der Waals surface area contributed by atoms with E-state index in [2.05, 4.69) is 20.3 Å². The molecule has 0 aliphatic heterocycles. The van der Waals surface area contributed by atoms with Crippen LogP contribution in [0.25, 0.3) is 10.9 Å². The Morgan fingerprint density at radius 1 is 1.39 bits per heavy atom. The van der Waals surface area contributed by atoms with E-state index in [1.807, 2.05) is 0 Å². The van der Waals surface area contributed by atoms with Gasteiger partial charge in [0, 0.05) is 30.3 Å².